The van der Waals surface area contributed by atoms with Gasteiger partial charge in [-0.05, 0) is 19.8 Å². The number of carbonyl (C=O) groups is 2. The summed E-state index contributed by atoms with van der Waals surface area (Å²) in [6.07, 6.45) is 1.67. The average molecular weight is 214 g/mol. The second-order valence-corrected chi connectivity index (χ2v) is 5.05. The van der Waals surface area contributed by atoms with Crippen LogP contribution in [0.1, 0.15) is 19.8 Å². The van der Waals surface area contributed by atoms with Crippen molar-refractivity contribution >= 4 is 23.5 Å². The standard InChI is InChI=1S/C9H14N2O2S/c1-5(12)7-4-14-8-3-2-6(10)9(13)11(7)8/h6-8H,2-4,10H2,1H3/t6-,7-,8?/m1/s1. The summed E-state index contributed by atoms with van der Waals surface area (Å²) in [5.74, 6) is 0.757. The van der Waals surface area contributed by atoms with Gasteiger partial charge in [0.25, 0.3) is 0 Å². The van der Waals surface area contributed by atoms with Gasteiger partial charge in [-0.15, -0.1) is 11.8 Å². The van der Waals surface area contributed by atoms with Gasteiger partial charge >= 0.3 is 0 Å². The second-order valence-electron chi connectivity index (χ2n) is 3.84. The lowest BCUT2D eigenvalue weighted by atomic mass is 10.0. The minimum atomic E-state index is -0.396. The van der Waals surface area contributed by atoms with Crippen LogP contribution in [0.5, 0.6) is 0 Å². The minimum absolute atomic E-state index is 0.0496. The molecule has 0 saturated carbocycles. The van der Waals surface area contributed by atoms with Gasteiger partial charge < -0.3 is 10.6 Å². The van der Waals surface area contributed by atoms with Gasteiger partial charge in [0.15, 0.2) is 5.78 Å². The van der Waals surface area contributed by atoms with E-state index < -0.39 is 6.04 Å². The van der Waals surface area contributed by atoms with Crippen LogP contribution in [0.2, 0.25) is 0 Å². The fourth-order valence-electron chi connectivity index (χ4n) is 2.03. The lowest BCUT2D eigenvalue weighted by Gasteiger charge is -2.35. The molecule has 5 heteroatoms. The molecule has 2 rings (SSSR count). The van der Waals surface area contributed by atoms with Crippen molar-refractivity contribution in [2.45, 2.75) is 37.2 Å². The topological polar surface area (TPSA) is 63.4 Å². The van der Waals surface area contributed by atoms with Gasteiger partial charge in [-0.3, -0.25) is 9.59 Å². The van der Waals surface area contributed by atoms with E-state index in [2.05, 4.69) is 0 Å². The van der Waals surface area contributed by atoms with Crippen LogP contribution < -0.4 is 5.73 Å². The van der Waals surface area contributed by atoms with Gasteiger partial charge in [0.2, 0.25) is 5.91 Å². The smallest absolute Gasteiger partial charge is 0.241 e. The highest BCUT2D eigenvalue weighted by atomic mass is 32.2. The molecule has 78 valence electrons. The van der Waals surface area contributed by atoms with Gasteiger partial charge in [-0.1, -0.05) is 0 Å². The molecule has 4 nitrogen and oxygen atoms in total. The summed E-state index contributed by atoms with van der Waals surface area (Å²) in [5, 5.41) is 0.191. The Hall–Kier alpha value is -0.550. The average Bonchev–Trinajstić information content (AvgIpc) is 2.55. The Labute approximate surface area is 87.2 Å². The monoisotopic (exact) mass is 214 g/mol. The number of nitrogens with two attached hydrogens (primary N) is 1. The number of hydrogen-bond acceptors (Lipinski definition) is 4. The quantitative estimate of drug-likeness (QED) is 0.665. The molecular formula is C9H14N2O2S. The molecule has 0 spiro atoms. The molecule has 0 radical (unpaired) electrons. The van der Waals surface area contributed by atoms with Crippen LogP contribution in [0.4, 0.5) is 0 Å². The first-order valence-electron chi connectivity index (χ1n) is 4.81. The van der Waals surface area contributed by atoms with E-state index in [4.69, 9.17) is 5.73 Å². The number of carbonyl (C=O) groups excluding carboxylic acids is 2. The van der Waals surface area contributed by atoms with E-state index in [0.29, 0.717) is 0 Å². The maximum Gasteiger partial charge on any atom is 0.241 e. The summed E-state index contributed by atoms with van der Waals surface area (Å²) in [7, 11) is 0. The summed E-state index contributed by atoms with van der Waals surface area (Å²) < 4.78 is 0. The molecule has 2 heterocycles. The first kappa shape index (κ1) is 9.98. The summed E-state index contributed by atoms with van der Waals surface area (Å²) in [4.78, 5) is 24.8. The number of amides is 1. The molecule has 3 atom stereocenters. The van der Waals surface area contributed by atoms with E-state index in [0.717, 1.165) is 18.6 Å². The summed E-state index contributed by atoms with van der Waals surface area (Å²) in [6.45, 7) is 1.54. The zero-order valence-electron chi connectivity index (χ0n) is 8.10. The fraction of sp³-hybridized carbons (Fsp3) is 0.778. The van der Waals surface area contributed by atoms with Crippen LogP contribution in [0.15, 0.2) is 0 Å². The third-order valence-corrected chi connectivity index (χ3v) is 4.21. The zero-order chi connectivity index (χ0) is 10.3. The van der Waals surface area contributed by atoms with Crippen LogP contribution >= 0.6 is 11.8 Å². The molecule has 0 aromatic rings. The molecule has 2 fully saturated rings. The third-order valence-electron chi connectivity index (χ3n) is 2.86. The highest BCUT2D eigenvalue weighted by molar-refractivity contribution is 8.00. The molecule has 0 aliphatic carbocycles. The van der Waals surface area contributed by atoms with E-state index in [9.17, 15) is 9.59 Å². The zero-order valence-corrected chi connectivity index (χ0v) is 8.92. The van der Waals surface area contributed by atoms with E-state index in [1.807, 2.05) is 0 Å². The number of fused-ring (bicyclic) bond motifs is 1. The van der Waals surface area contributed by atoms with E-state index in [-0.39, 0.29) is 23.1 Å². The second kappa shape index (κ2) is 3.55. The molecule has 2 N–H and O–H groups in total. The molecule has 1 unspecified atom stereocenters. The fourth-order valence-corrected chi connectivity index (χ4v) is 3.55. The summed E-state index contributed by atoms with van der Waals surface area (Å²) in [5.41, 5.74) is 5.68. The van der Waals surface area contributed by atoms with E-state index in [1.165, 1.54) is 0 Å². The lowest BCUT2D eigenvalue weighted by molar-refractivity contribution is -0.141. The van der Waals surface area contributed by atoms with Crippen molar-refractivity contribution in [2.75, 3.05) is 5.75 Å². The van der Waals surface area contributed by atoms with Crippen LogP contribution in [-0.2, 0) is 9.59 Å². The number of ketones is 1. The van der Waals surface area contributed by atoms with Crippen molar-refractivity contribution in [3.63, 3.8) is 0 Å². The molecular weight excluding hydrogens is 200 g/mol. The van der Waals surface area contributed by atoms with Gasteiger partial charge in [0.05, 0.1) is 11.4 Å². The molecule has 2 aliphatic rings. The lowest BCUT2D eigenvalue weighted by Crippen LogP contribution is -2.55. The van der Waals surface area contributed by atoms with Crippen molar-refractivity contribution < 1.29 is 9.59 Å². The number of hydrogen-bond donors (Lipinski definition) is 1. The number of nitrogens with zero attached hydrogens (tertiary/aromatic N) is 1. The molecule has 2 aliphatic heterocycles. The Morgan fingerprint density at radius 1 is 1.57 bits per heavy atom. The number of rotatable bonds is 1. The van der Waals surface area contributed by atoms with Crippen molar-refractivity contribution in [3.8, 4) is 0 Å². The van der Waals surface area contributed by atoms with Crippen LogP contribution in [0.3, 0.4) is 0 Å². The highest BCUT2D eigenvalue weighted by Gasteiger charge is 2.44. The Kier molecular flexibility index (Phi) is 2.53. The molecule has 0 aromatic heterocycles. The maximum atomic E-state index is 11.8. The van der Waals surface area contributed by atoms with E-state index in [1.54, 1.807) is 23.6 Å². The van der Waals surface area contributed by atoms with Gasteiger partial charge in [-0.25, -0.2) is 0 Å². The predicted molar refractivity (Wildman–Crippen MR) is 54.8 cm³/mol. The van der Waals surface area contributed by atoms with Gasteiger partial charge in [-0.2, -0.15) is 0 Å². The van der Waals surface area contributed by atoms with E-state index >= 15 is 0 Å². The summed E-state index contributed by atoms with van der Waals surface area (Å²) in [6, 6.07) is -0.629. The predicted octanol–water partition coefficient (Wildman–Crippen LogP) is -0.0334. The molecule has 1 amide bonds. The normalized spacial score (nSPS) is 37.1. The Morgan fingerprint density at radius 2 is 2.29 bits per heavy atom. The number of piperidine rings is 1. The number of Topliss-reactive ketones (excluding diaryl/α,β-unsaturated/α-hetero) is 1. The van der Waals surface area contributed by atoms with Crippen molar-refractivity contribution in [2.24, 2.45) is 5.73 Å². The Bertz CT molecular complexity index is 282. The third kappa shape index (κ3) is 1.44. The van der Waals surface area contributed by atoms with Gasteiger partial charge in [0.1, 0.15) is 6.04 Å². The molecule has 14 heavy (non-hydrogen) atoms. The Balaban J connectivity index is 2.20. The van der Waals surface area contributed by atoms with Crippen molar-refractivity contribution in [1.82, 2.24) is 4.90 Å². The van der Waals surface area contributed by atoms with Gasteiger partial charge in [0, 0.05) is 5.75 Å². The van der Waals surface area contributed by atoms with Crippen molar-refractivity contribution in [3.05, 3.63) is 0 Å². The first-order valence-corrected chi connectivity index (χ1v) is 5.86. The van der Waals surface area contributed by atoms with Crippen LogP contribution in [0, 0.1) is 0 Å². The minimum Gasteiger partial charge on any atom is -0.320 e. The number of thioether (sulfide) groups is 1. The molecule has 2 saturated heterocycles. The molecule has 0 bridgehead atoms. The Morgan fingerprint density at radius 3 is 2.93 bits per heavy atom. The highest BCUT2D eigenvalue weighted by Crippen LogP contribution is 2.36. The van der Waals surface area contributed by atoms with Crippen molar-refractivity contribution in [1.29, 1.82) is 0 Å². The first-order chi connectivity index (χ1) is 6.61. The summed E-state index contributed by atoms with van der Waals surface area (Å²) >= 11 is 1.70. The molecule has 0 aromatic carbocycles. The van der Waals surface area contributed by atoms with Crippen LogP contribution in [0.25, 0.3) is 0 Å². The SMILES string of the molecule is CC(=O)[C@H]1CSC2CC[C@@H](N)C(=O)N21. The van der Waals surface area contributed by atoms with Crippen LogP contribution in [-0.4, -0.2) is 39.8 Å². The maximum absolute atomic E-state index is 11.8. The largest absolute Gasteiger partial charge is 0.320 e.